The van der Waals surface area contributed by atoms with Gasteiger partial charge in [-0.25, -0.2) is 9.55 Å². The van der Waals surface area contributed by atoms with E-state index < -0.39 is 16.8 Å². The zero-order valence-corrected chi connectivity index (χ0v) is 11.9. The highest BCUT2D eigenvalue weighted by atomic mass is 16.6. The summed E-state index contributed by atoms with van der Waals surface area (Å²) in [7, 11) is 0. The highest BCUT2D eigenvalue weighted by molar-refractivity contribution is 5.69. The molecule has 1 aromatic heterocycles. The summed E-state index contributed by atoms with van der Waals surface area (Å²) in [4.78, 5) is 27.2. The topological polar surface area (TPSA) is 102 Å². The Labute approximate surface area is 117 Å². The number of likely N-dealkylation sites (N-methyl/N-ethyl adjacent to an activating group) is 1. The van der Waals surface area contributed by atoms with Crippen LogP contribution in [0.25, 0.3) is 0 Å². The van der Waals surface area contributed by atoms with E-state index in [-0.39, 0.29) is 5.82 Å². The smallest absolute Gasteiger partial charge is 0.342 e. The predicted molar refractivity (Wildman–Crippen MR) is 72.5 cm³/mol. The molecule has 1 unspecified atom stereocenters. The molecule has 1 atom stereocenters. The van der Waals surface area contributed by atoms with Gasteiger partial charge in [0.2, 0.25) is 0 Å². The number of carboxylic acids is 1. The maximum absolute atomic E-state index is 10.9. The Balaban J connectivity index is 2.67. The average molecular weight is 284 g/mol. The molecule has 0 radical (unpaired) electrons. The fraction of sp³-hybridized carbons (Fsp3) is 0.667. The molecule has 0 saturated carbocycles. The monoisotopic (exact) mass is 284 g/mol. The van der Waals surface area contributed by atoms with Gasteiger partial charge in [0.1, 0.15) is 12.7 Å². The lowest BCUT2D eigenvalue weighted by Gasteiger charge is -2.21. The number of hydrogen-bond donors (Lipinski definition) is 1. The Morgan fingerprint density at radius 2 is 2.30 bits per heavy atom. The summed E-state index contributed by atoms with van der Waals surface area (Å²) in [5.74, 6) is -0.758. The third-order valence-corrected chi connectivity index (χ3v) is 3.26. The molecule has 0 spiro atoms. The lowest BCUT2D eigenvalue weighted by atomic mass is 10.1. The standard InChI is InChI=1S/C12H20N4O4/c1-4-14(8-9(2)12(17)18)5-6-15-10(3)13-7-11(15)16(19)20/h7,9H,4-6,8H2,1-3H3,(H,17,18). The van der Waals surface area contributed by atoms with Crippen LogP contribution in [0, 0.1) is 23.0 Å². The van der Waals surface area contributed by atoms with Crippen molar-refractivity contribution in [1.82, 2.24) is 14.5 Å². The first-order valence-electron chi connectivity index (χ1n) is 6.48. The Bertz CT molecular complexity index is 486. The van der Waals surface area contributed by atoms with Crippen molar-refractivity contribution in [2.45, 2.75) is 27.3 Å². The number of nitro groups is 1. The fourth-order valence-corrected chi connectivity index (χ4v) is 1.96. The summed E-state index contributed by atoms with van der Waals surface area (Å²) in [5, 5.41) is 19.8. The fourth-order valence-electron chi connectivity index (χ4n) is 1.96. The normalized spacial score (nSPS) is 12.6. The highest BCUT2D eigenvalue weighted by Gasteiger charge is 2.19. The molecule has 1 aromatic rings. The molecule has 0 aromatic carbocycles. The van der Waals surface area contributed by atoms with E-state index in [1.165, 1.54) is 10.8 Å². The Kier molecular flexibility index (Phi) is 5.63. The van der Waals surface area contributed by atoms with Gasteiger partial charge in [-0.1, -0.05) is 13.8 Å². The second-order valence-corrected chi connectivity index (χ2v) is 4.70. The second-order valence-electron chi connectivity index (χ2n) is 4.70. The van der Waals surface area contributed by atoms with Crippen molar-refractivity contribution in [2.24, 2.45) is 5.92 Å². The first-order valence-corrected chi connectivity index (χ1v) is 6.48. The van der Waals surface area contributed by atoms with Crippen LogP contribution in [0.1, 0.15) is 19.7 Å². The molecule has 0 fully saturated rings. The maximum atomic E-state index is 10.9. The van der Waals surface area contributed by atoms with Gasteiger partial charge in [0, 0.05) is 20.0 Å². The van der Waals surface area contributed by atoms with Crippen LogP contribution in [0.15, 0.2) is 6.20 Å². The van der Waals surface area contributed by atoms with Crippen LogP contribution in [0.2, 0.25) is 0 Å². The van der Waals surface area contributed by atoms with Gasteiger partial charge in [-0.3, -0.25) is 9.69 Å². The average Bonchev–Trinajstić information content (AvgIpc) is 2.75. The minimum Gasteiger partial charge on any atom is -0.481 e. The van der Waals surface area contributed by atoms with Crippen LogP contribution in [0.4, 0.5) is 5.82 Å². The van der Waals surface area contributed by atoms with E-state index in [1.807, 2.05) is 11.8 Å². The number of hydrogen-bond acceptors (Lipinski definition) is 5. The number of aliphatic carboxylic acids is 1. The van der Waals surface area contributed by atoms with E-state index in [9.17, 15) is 14.9 Å². The van der Waals surface area contributed by atoms with Crippen molar-refractivity contribution < 1.29 is 14.8 Å². The van der Waals surface area contributed by atoms with Gasteiger partial charge in [-0.05, 0) is 11.5 Å². The van der Waals surface area contributed by atoms with Crippen LogP contribution in [-0.2, 0) is 11.3 Å². The molecular weight excluding hydrogens is 264 g/mol. The third kappa shape index (κ3) is 4.02. The van der Waals surface area contributed by atoms with Gasteiger partial charge < -0.3 is 15.2 Å². The SMILES string of the molecule is CCN(CCn1c([N+](=O)[O-])cnc1C)CC(C)C(=O)O. The number of carbonyl (C=O) groups is 1. The molecule has 0 saturated heterocycles. The molecule has 112 valence electrons. The molecular formula is C12H20N4O4. The molecule has 1 N–H and O–H groups in total. The van der Waals surface area contributed by atoms with Gasteiger partial charge in [0.25, 0.3) is 0 Å². The molecule has 1 heterocycles. The summed E-state index contributed by atoms with van der Waals surface area (Å²) >= 11 is 0. The van der Waals surface area contributed by atoms with E-state index >= 15 is 0 Å². The van der Waals surface area contributed by atoms with E-state index in [2.05, 4.69) is 4.98 Å². The van der Waals surface area contributed by atoms with Crippen LogP contribution >= 0.6 is 0 Å². The van der Waals surface area contributed by atoms with Gasteiger partial charge in [0.05, 0.1) is 5.92 Å². The minimum absolute atomic E-state index is 0.0372. The summed E-state index contributed by atoms with van der Waals surface area (Å²) in [6, 6.07) is 0. The number of nitrogens with zero attached hydrogens (tertiary/aromatic N) is 4. The summed E-state index contributed by atoms with van der Waals surface area (Å²) in [6.07, 6.45) is 1.24. The first kappa shape index (κ1) is 16.1. The van der Waals surface area contributed by atoms with E-state index in [0.717, 1.165) is 0 Å². The Morgan fingerprint density at radius 1 is 1.65 bits per heavy atom. The van der Waals surface area contributed by atoms with Crippen molar-refractivity contribution in [3.05, 3.63) is 22.1 Å². The molecule has 0 bridgehead atoms. The van der Waals surface area contributed by atoms with Crippen molar-refractivity contribution >= 4 is 11.8 Å². The second kappa shape index (κ2) is 6.99. The molecule has 20 heavy (non-hydrogen) atoms. The largest absolute Gasteiger partial charge is 0.481 e. The molecule has 0 aliphatic heterocycles. The van der Waals surface area contributed by atoms with Crippen molar-refractivity contribution in [2.75, 3.05) is 19.6 Å². The van der Waals surface area contributed by atoms with Gasteiger partial charge >= 0.3 is 11.8 Å². The molecule has 8 nitrogen and oxygen atoms in total. The zero-order valence-electron chi connectivity index (χ0n) is 11.9. The summed E-state index contributed by atoms with van der Waals surface area (Å²) in [5.41, 5.74) is 0. The van der Waals surface area contributed by atoms with E-state index in [1.54, 1.807) is 13.8 Å². The van der Waals surface area contributed by atoms with E-state index in [0.29, 0.717) is 32.0 Å². The number of aromatic nitrogens is 2. The molecule has 0 amide bonds. The van der Waals surface area contributed by atoms with Gasteiger partial charge in [-0.15, -0.1) is 0 Å². The number of rotatable bonds is 8. The molecule has 0 aliphatic carbocycles. The number of aryl methyl sites for hydroxylation is 1. The first-order chi connectivity index (χ1) is 9.36. The van der Waals surface area contributed by atoms with Crippen molar-refractivity contribution in [1.29, 1.82) is 0 Å². The number of carboxylic acid groups (broad SMARTS) is 1. The minimum atomic E-state index is -0.840. The summed E-state index contributed by atoms with van der Waals surface area (Å²) in [6.45, 7) is 7.38. The van der Waals surface area contributed by atoms with Gasteiger partial charge in [-0.2, -0.15) is 0 Å². The predicted octanol–water partition coefficient (Wildman–Crippen LogP) is 1.14. The van der Waals surface area contributed by atoms with Gasteiger partial charge in [0.15, 0.2) is 5.82 Å². The third-order valence-electron chi connectivity index (χ3n) is 3.26. The quantitative estimate of drug-likeness (QED) is 0.567. The van der Waals surface area contributed by atoms with Crippen LogP contribution in [-0.4, -0.2) is 50.1 Å². The highest BCUT2D eigenvalue weighted by Crippen LogP contribution is 2.13. The lowest BCUT2D eigenvalue weighted by molar-refractivity contribution is -0.392. The van der Waals surface area contributed by atoms with Crippen LogP contribution in [0.5, 0.6) is 0 Å². The summed E-state index contributed by atoms with van der Waals surface area (Å²) < 4.78 is 1.54. The van der Waals surface area contributed by atoms with Crippen molar-refractivity contribution in [3.63, 3.8) is 0 Å². The van der Waals surface area contributed by atoms with Crippen molar-refractivity contribution in [3.8, 4) is 0 Å². The Hall–Kier alpha value is -1.96. The van der Waals surface area contributed by atoms with Crippen LogP contribution < -0.4 is 0 Å². The lowest BCUT2D eigenvalue weighted by Crippen LogP contribution is -2.34. The zero-order chi connectivity index (χ0) is 15.3. The Morgan fingerprint density at radius 3 is 2.80 bits per heavy atom. The maximum Gasteiger partial charge on any atom is 0.342 e. The molecule has 1 rings (SSSR count). The number of imidazole rings is 1. The van der Waals surface area contributed by atoms with E-state index in [4.69, 9.17) is 5.11 Å². The van der Waals surface area contributed by atoms with Crippen LogP contribution in [0.3, 0.4) is 0 Å². The molecule has 0 aliphatic rings. The molecule has 8 heteroatoms.